The van der Waals surface area contributed by atoms with Crippen molar-refractivity contribution in [2.75, 3.05) is 0 Å². The first kappa shape index (κ1) is 16.0. The van der Waals surface area contributed by atoms with E-state index in [2.05, 4.69) is 22.1 Å². The molecule has 0 aliphatic heterocycles. The van der Waals surface area contributed by atoms with E-state index >= 15 is 0 Å². The van der Waals surface area contributed by atoms with Crippen LogP contribution in [-0.4, -0.2) is 31.5 Å². The average Bonchev–Trinajstić information content (AvgIpc) is 2.81. The topological polar surface area (TPSA) is 78.9 Å². The lowest BCUT2D eigenvalue weighted by atomic mass is 10.1. The van der Waals surface area contributed by atoms with Gasteiger partial charge in [0.1, 0.15) is 11.1 Å². The van der Waals surface area contributed by atoms with E-state index in [-0.39, 0.29) is 0 Å². The van der Waals surface area contributed by atoms with Crippen LogP contribution in [0.2, 0.25) is 0 Å². The minimum absolute atomic E-state index is 0.516. The number of thioether (sulfide) groups is 1. The van der Waals surface area contributed by atoms with Crippen molar-refractivity contribution in [1.82, 2.24) is 15.2 Å². The van der Waals surface area contributed by atoms with Crippen molar-refractivity contribution < 1.29 is 9.90 Å². The number of aliphatic carboxylic acids is 1. The largest absolute Gasteiger partial charge is 0.480 e. The molecule has 0 aliphatic rings. The maximum absolute atomic E-state index is 10.7. The van der Waals surface area contributed by atoms with Crippen LogP contribution in [-0.2, 0) is 11.2 Å². The number of aromatic amines is 1. The van der Waals surface area contributed by atoms with Crippen LogP contribution in [0.1, 0.15) is 58.2 Å². The van der Waals surface area contributed by atoms with Gasteiger partial charge in [-0.15, -0.1) is 5.10 Å². The summed E-state index contributed by atoms with van der Waals surface area (Å²) in [7, 11) is 0. The van der Waals surface area contributed by atoms with E-state index in [0.717, 1.165) is 18.7 Å². The molecule has 19 heavy (non-hydrogen) atoms. The molecule has 0 bridgehead atoms. The summed E-state index contributed by atoms with van der Waals surface area (Å²) in [6, 6.07) is 0. The molecule has 0 unspecified atom stereocenters. The molecule has 0 spiro atoms. The van der Waals surface area contributed by atoms with Gasteiger partial charge in [0.2, 0.25) is 5.16 Å². The standard InChI is InChI=1S/C13H23N3O2S/c1-3-4-5-6-7-8-9-11-14-13(16-15-11)19-10(2)12(17)18/h10H,3-9H2,1-2H3,(H,17,18)(H,14,15,16)/t10-/m0/s1. The summed E-state index contributed by atoms with van der Waals surface area (Å²) in [4.78, 5) is 15.0. The Kier molecular flexibility index (Phi) is 7.55. The van der Waals surface area contributed by atoms with E-state index in [1.54, 1.807) is 6.92 Å². The Balaban J connectivity index is 2.21. The van der Waals surface area contributed by atoms with Gasteiger partial charge in [-0.25, -0.2) is 4.98 Å². The number of hydrogen-bond acceptors (Lipinski definition) is 4. The van der Waals surface area contributed by atoms with Crippen molar-refractivity contribution in [1.29, 1.82) is 0 Å². The quantitative estimate of drug-likeness (QED) is 0.509. The summed E-state index contributed by atoms with van der Waals surface area (Å²) in [5.74, 6) is 0.0165. The first-order valence-corrected chi connectivity index (χ1v) is 7.82. The summed E-state index contributed by atoms with van der Waals surface area (Å²) in [6.45, 7) is 3.85. The molecule has 0 radical (unpaired) electrons. The third-order valence-corrected chi connectivity index (χ3v) is 3.86. The Bertz CT molecular complexity index is 382. The van der Waals surface area contributed by atoms with E-state index in [4.69, 9.17) is 5.11 Å². The smallest absolute Gasteiger partial charge is 0.316 e. The number of rotatable bonds is 10. The molecule has 0 aliphatic carbocycles. The third kappa shape index (κ3) is 6.61. The molecule has 6 heteroatoms. The second-order valence-electron chi connectivity index (χ2n) is 4.68. The summed E-state index contributed by atoms with van der Waals surface area (Å²) in [5, 5.41) is 15.7. The van der Waals surface area contributed by atoms with E-state index < -0.39 is 11.2 Å². The predicted molar refractivity (Wildman–Crippen MR) is 76.4 cm³/mol. The van der Waals surface area contributed by atoms with Crippen LogP contribution in [0.25, 0.3) is 0 Å². The minimum atomic E-state index is -0.840. The highest BCUT2D eigenvalue weighted by Gasteiger charge is 2.15. The fourth-order valence-electron chi connectivity index (χ4n) is 1.72. The van der Waals surface area contributed by atoms with Gasteiger partial charge in [-0.3, -0.25) is 9.89 Å². The van der Waals surface area contributed by atoms with Gasteiger partial charge < -0.3 is 5.11 Å². The number of carboxylic acids is 1. The van der Waals surface area contributed by atoms with Crippen molar-refractivity contribution >= 4 is 17.7 Å². The monoisotopic (exact) mass is 285 g/mol. The molecule has 2 N–H and O–H groups in total. The first-order chi connectivity index (χ1) is 9.13. The van der Waals surface area contributed by atoms with Crippen LogP contribution in [0.15, 0.2) is 5.16 Å². The Morgan fingerprint density at radius 2 is 2.00 bits per heavy atom. The third-order valence-electron chi connectivity index (χ3n) is 2.91. The number of H-pyrrole nitrogens is 1. The van der Waals surface area contributed by atoms with Crippen molar-refractivity contribution in [3.8, 4) is 0 Å². The van der Waals surface area contributed by atoms with E-state index in [9.17, 15) is 4.79 Å². The highest BCUT2D eigenvalue weighted by molar-refractivity contribution is 8.00. The highest BCUT2D eigenvalue weighted by Crippen LogP contribution is 2.19. The molecule has 0 aromatic carbocycles. The van der Waals surface area contributed by atoms with Gasteiger partial charge in [-0.2, -0.15) is 0 Å². The lowest BCUT2D eigenvalue weighted by molar-refractivity contribution is -0.136. The first-order valence-electron chi connectivity index (χ1n) is 6.94. The zero-order valence-electron chi connectivity index (χ0n) is 11.7. The predicted octanol–water partition coefficient (Wildman–Crippen LogP) is 3.27. The molecular weight excluding hydrogens is 262 g/mol. The zero-order chi connectivity index (χ0) is 14.1. The molecule has 1 aromatic heterocycles. The van der Waals surface area contributed by atoms with Crippen LogP contribution in [0.4, 0.5) is 0 Å². The van der Waals surface area contributed by atoms with Crippen LogP contribution >= 0.6 is 11.8 Å². The molecule has 0 saturated carbocycles. The molecule has 5 nitrogen and oxygen atoms in total. The second kappa shape index (κ2) is 8.96. The van der Waals surface area contributed by atoms with Gasteiger partial charge in [0.15, 0.2) is 0 Å². The molecule has 1 aromatic rings. The zero-order valence-corrected chi connectivity index (χ0v) is 12.5. The Morgan fingerprint density at radius 1 is 1.32 bits per heavy atom. The van der Waals surface area contributed by atoms with E-state index in [1.165, 1.54) is 43.9 Å². The van der Waals surface area contributed by atoms with Crippen LogP contribution < -0.4 is 0 Å². The van der Waals surface area contributed by atoms with Crippen LogP contribution in [0, 0.1) is 0 Å². The van der Waals surface area contributed by atoms with Gasteiger partial charge in [0, 0.05) is 6.42 Å². The van der Waals surface area contributed by atoms with Crippen molar-refractivity contribution in [2.24, 2.45) is 0 Å². The molecule has 0 fully saturated rings. The Morgan fingerprint density at radius 3 is 2.68 bits per heavy atom. The van der Waals surface area contributed by atoms with E-state index in [0.29, 0.717) is 5.16 Å². The summed E-state index contributed by atoms with van der Waals surface area (Å²) in [6.07, 6.45) is 8.39. The lowest BCUT2D eigenvalue weighted by Gasteiger charge is -2.00. The van der Waals surface area contributed by atoms with Crippen LogP contribution in [0.5, 0.6) is 0 Å². The van der Waals surface area contributed by atoms with Gasteiger partial charge in [-0.05, 0) is 13.3 Å². The van der Waals surface area contributed by atoms with E-state index in [1.807, 2.05) is 0 Å². The number of unbranched alkanes of at least 4 members (excludes halogenated alkanes) is 5. The fourth-order valence-corrected chi connectivity index (χ4v) is 2.40. The number of carbonyl (C=O) groups is 1. The maximum atomic E-state index is 10.7. The Hall–Kier alpha value is -1.04. The number of aryl methyl sites for hydroxylation is 1. The van der Waals surface area contributed by atoms with Gasteiger partial charge in [0.25, 0.3) is 0 Å². The molecule has 0 amide bonds. The number of carboxylic acid groups (broad SMARTS) is 1. The molecule has 1 heterocycles. The Labute approximate surface area is 118 Å². The van der Waals surface area contributed by atoms with Crippen molar-refractivity contribution in [2.45, 2.75) is 69.2 Å². The van der Waals surface area contributed by atoms with Gasteiger partial charge in [-0.1, -0.05) is 50.8 Å². The second-order valence-corrected chi connectivity index (χ2v) is 5.99. The normalized spacial score (nSPS) is 12.5. The molecule has 1 atom stereocenters. The lowest BCUT2D eigenvalue weighted by Crippen LogP contribution is -2.11. The van der Waals surface area contributed by atoms with Crippen molar-refractivity contribution in [3.63, 3.8) is 0 Å². The maximum Gasteiger partial charge on any atom is 0.316 e. The number of hydrogen-bond donors (Lipinski definition) is 2. The number of nitrogens with zero attached hydrogens (tertiary/aromatic N) is 2. The van der Waals surface area contributed by atoms with Gasteiger partial charge >= 0.3 is 5.97 Å². The minimum Gasteiger partial charge on any atom is -0.480 e. The molecular formula is C13H23N3O2S. The molecule has 0 saturated heterocycles. The fraction of sp³-hybridized carbons (Fsp3) is 0.769. The average molecular weight is 285 g/mol. The SMILES string of the molecule is CCCCCCCCc1nc(S[C@@H](C)C(=O)O)n[nH]1. The molecule has 108 valence electrons. The summed E-state index contributed by atoms with van der Waals surface area (Å²) in [5.41, 5.74) is 0. The number of nitrogens with one attached hydrogen (secondary N) is 1. The summed E-state index contributed by atoms with van der Waals surface area (Å²) >= 11 is 1.17. The highest BCUT2D eigenvalue weighted by atomic mass is 32.2. The van der Waals surface area contributed by atoms with Crippen LogP contribution in [0.3, 0.4) is 0 Å². The number of aromatic nitrogens is 3. The van der Waals surface area contributed by atoms with Gasteiger partial charge in [0.05, 0.1) is 0 Å². The summed E-state index contributed by atoms with van der Waals surface area (Å²) < 4.78 is 0. The molecule has 1 rings (SSSR count). The van der Waals surface area contributed by atoms with Crippen molar-refractivity contribution in [3.05, 3.63) is 5.82 Å².